The smallest absolute Gasteiger partial charge is 0.243 e. The summed E-state index contributed by atoms with van der Waals surface area (Å²) >= 11 is 1.37. The number of ether oxygens (including phenoxy) is 1. The van der Waals surface area contributed by atoms with E-state index >= 15 is 0 Å². The van der Waals surface area contributed by atoms with E-state index in [2.05, 4.69) is 24.1 Å². The van der Waals surface area contributed by atoms with Crippen molar-refractivity contribution in [2.24, 2.45) is 0 Å². The molecule has 3 aromatic rings. The van der Waals surface area contributed by atoms with E-state index < -0.39 is 10.0 Å². The van der Waals surface area contributed by atoms with Crippen molar-refractivity contribution < 1.29 is 17.9 Å². The van der Waals surface area contributed by atoms with Crippen LogP contribution in [0.3, 0.4) is 0 Å². The molecule has 0 radical (unpaired) electrons. The quantitative estimate of drug-likeness (QED) is 0.490. The summed E-state index contributed by atoms with van der Waals surface area (Å²) in [4.78, 5) is 19.3. The molecule has 186 valence electrons. The Hall–Kier alpha value is -2.79. The molecule has 1 aromatic heterocycles. The highest BCUT2D eigenvalue weighted by Crippen LogP contribution is 2.26. The third-order valence-corrected chi connectivity index (χ3v) is 8.69. The lowest BCUT2D eigenvalue weighted by atomic mass is 10.0. The van der Waals surface area contributed by atoms with Gasteiger partial charge in [0.05, 0.1) is 24.2 Å². The molecular weight excluding hydrogens is 484 g/mol. The predicted molar refractivity (Wildman–Crippen MR) is 138 cm³/mol. The van der Waals surface area contributed by atoms with E-state index in [1.807, 2.05) is 46.7 Å². The van der Waals surface area contributed by atoms with Gasteiger partial charge in [-0.15, -0.1) is 11.3 Å². The van der Waals surface area contributed by atoms with Crippen LogP contribution in [0.5, 0.6) is 5.75 Å². The number of aromatic nitrogens is 1. The van der Waals surface area contributed by atoms with E-state index in [1.54, 1.807) is 19.2 Å². The number of methoxy groups -OCH3 is 1. The molecule has 8 nitrogen and oxygen atoms in total. The maximum Gasteiger partial charge on any atom is 0.243 e. The Morgan fingerprint density at radius 3 is 2.31 bits per heavy atom. The SMILES string of the molecule is COc1ccc(-c2csc(NC(=O)CN3CCN(S(=O)(=O)c4ccc(C(C)C)cc4)CC3)n2)cc1. The first kappa shape index (κ1) is 25.3. The normalized spacial score (nSPS) is 15.3. The summed E-state index contributed by atoms with van der Waals surface area (Å²) in [7, 11) is -1.92. The minimum absolute atomic E-state index is 0.166. The molecule has 1 aliphatic rings. The average Bonchev–Trinajstić information content (AvgIpc) is 3.32. The van der Waals surface area contributed by atoms with Crippen molar-refractivity contribution in [2.45, 2.75) is 24.7 Å². The van der Waals surface area contributed by atoms with Crippen LogP contribution in [0.15, 0.2) is 58.8 Å². The molecule has 2 aromatic carbocycles. The van der Waals surface area contributed by atoms with Gasteiger partial charge in [-0.2, -0.15) is 4.31 Å². The second-order valence-corrected chi connectivity index (χ2v) is 11.5. The molecule has 1 N–H and O–H groups in total. The van der Waals surface area contributed by atoms with Crippen molar-refractivity contribution in [2.75, 3.05) is 45.2 Å². The van der Waals surface area contributed by atoms with Gasteiger partial charge < -0.3 is 10.1 Å². The number of hydrogen-bond acceptors (Lipinski definition) is 7. The summed E-state index contributed by atoms with van der Waals surface area (Å²) in [6, 6.07) is 14.7. The Morgan fingerprint density at radius 1 is 1.06 bits per heavy atom. The third kappa shape index (κ3) is 6.07. The number of carbonyl (C=O) groups is 1. The predicted octanol–water partition coefficient (Wildman–Crippen LogP) is 3.89. The molecule has 0 bridgehead atoms. The fourth-order valence-corrected chi connectivity index (χ4v) is 6.05. The lowest BCUT2D eigenvalue weighted by Gasteiger charge is -2.33. The van der Waals surface area contributed by atoms with E-state index in [-0.39, 0.29) is 12.5 Å². The fraction of sp³-hybridized carbons (Fsp3) is 0.360. The van der Waals surface area contributed by atoms with Crippen LogP contribution in [-0.4, -0.2) is 68.3 Å². The number of hydrogen-bond donors (Lipinski definition) is 1. The Balaban J connectivity index is 1.28. The van der Waals surface area contributed by atoms with Gasteiger partial charge in [0, 0.05) is 37.1 Å². The van der Waals surface area contributed by atoms with Gasteiger partial charge in [-0.1, -0.05) is 26.0 Å². The van der Waals surface area contributed by atoms with E-state index in [4.69, 9.17) is 4.74 Å². The van der Waals surface area contributed by atoms with Crippen LogP contribution in [0.4, 0.5) is 5.13 Å². The summed E-state index contributed by atoms with van der Waals surface area (Å²) in [5.74, 6) is 0.954. The molecular formula is C25H30N4O4S2. The number of piperazine rings is 1. The number of nitrogens with one attached hydrogen (secondary N) is 1. The zero-order valence-electron chi connectivity index (χ0n) is 20.1. The summed E-state index contributed by atoms with van der Waals surface area (Å²) in [6.45, 7) is 6.02. The minimum atomic E-state index is -3.54. The van der Waals surface area contributed by atoms with Crippen molar-refractivity contribution in [3.8, 4) is 17.0 Å². The van der Waals surface area contributed by atoms with Crippen LogP contribution in [0.25, 0.3) is 11.3 Å². The van der Waals surface area contributed by atoms with Gasteiger partial charge in [0.25, 0.3) is 0 Å². The lowest BCUT2D eigenvalue weighted by molar-refractivity contribution is -0.117. The minimum Gasteiger partial charge on any atom is -0.497 e. The summed E-state index contributed by atoms with van der Waals surface area (Å²) < 4.78 is 32.7. The molecule has 1 saturated heterocycles. The van der Waals surface area contributed by atoms with Gasteiger partial charge in [0.15, 0.2) is 5.13 Å². The number of sulfonamides is 1. The van der Waals surface area contributed by atoms with Gasteiger partial charge in [0.1, 0.15) is 5.75 Å². The summed E-state index contributed by atoms with van der Waals surface area (Å²) in [5.41, 5.74) is 2.84. The van der Waals surface area contributed by atoms with E-state index in [0.717, 1.165) is 22.6 Å². The summed E-state index contributed by atoms with van der Waals surface area (Å²) in [5, 5.41) is 5.29. The van der Waals surface area contributed by atoms with Crippen LogP contribution in [0.1, 0.15) is 25.3 Å². The number of nitrogens with zero attached hydrogens (tertiary/aromatic N) is 3. The van der Waals surface area contributed by atoms with Crippen molar-refractivity contribution >= 4 is 32.4 Å². The Labute approximate surface area is 210 Å². The number of amides is 1. The Bertz CT molecular complexity index is 1250. The molecule has 1 aliphatic heterocycles. The third-order valence-electron chi connectivity index (χ3n) is 6.02. The maximum absolute atomic E-state index is 13.0. The molecule has 0 saturated carbocycles. The molecule has 1 fully saturated rings. The van der Waals surface area contributed by atoms with Crippen molar-refractivity contribution in [3.63, 3.8) is 0 Å². The van der Waals surface area contributed by atoms with E-state index in [9.17, 15) is 13.2 Å². The van der Waals surface area contributed by atoms with Crippen molar-refractivity contribution in [1.82, 2.24) is 14.2 Å². The molecule has 35 heavy (non-hydrogen) atoms. The Morgan fingerprint density at radius 2 is 1.71 bits per heavy atom. The topological polar surface area (TPSA) is 91.8 Å². The van der Waals surface area contributed by atoms with Crippen LogP contribution < -0.4 is 10.1 Å². The van der Waals surface area contributed by atoms with Crippen molar-refractivity contribution in [3.05, 3.63) is 59.5 Å². The zero-order valence-corrected chi connectivity index (χ0v) is 21.7. The molecule has 0 spiro atoms. The second-order valence-electron chi connectivity index (χ2n) is 8.72. The molecule has 10 heteroatoms. The van der Waals surface area contributed by atoms with E-state index in [1.165, 1.54) is 15.6 Å². The van der Waals surface area contributed by atoms with Crippen LogP contribution in [0, 0.1) is 0 Å². The highest BCUT2D eigenvalue weighted by molar-refractivity contribution is 7.89. The first-order valence-corrected chi connectivity index (χ1v) is 13.8. The molecule has 4 rings (SSSR count). The van der Waals surface area contributed by atoms with Gasteiger partial charge in [-0.3, -0.25) is 9.69 Å². The first-order valence-electron chi connectivity index (χ1n) is 11.5. The number of thiazole rings is 1. The number of rotatable bonds is 8. The number of benzene rings is 2. The maximum atomic E-state index is 13.0. The van der Waals surface area contributed by atoms with Crippen molar-refractivity contribution in [1.29, 1.82) is 0 Å². The van der Waals surface area contributed by atoms with Crippen LogP contribution in [-0.2, 0) is 14.8 Å². The molecule has 0 aliphatic carbocycles. The van der Waals surface area contributed by atoms with Crippen LogP contribution >= 0.6 is 11.3 Å². The standard InChI is InChI=1S/C25H30N4O4S2/c1-18(2)19-6-10-22(11-7-19)35(31,32)29-14-12-28(13-15-29)16-24(30)27-25-26-23(17-34-25)20-4-8-21(33-3)9-5-20/h4-11,17-18H,12-16H2,1-3H3,(H,26,27,30). The largest absolute Gasteiger partial charge is 0.497 e. The highest BCUT2D eigenvalue weighted by Gasteiger charge is 2.29. The molecule has 0 unspecified atom stereocenters. The van der Waals surface area contributed by atoms with Gasteiger partial charge in [-0.05, 0) is 47.9 Å². The average molecular weight is 515 g/mol. The van der Waals surface area contributed by atoms with Crippen LogP contribution in [0.2, 0.25) is 0 Å². The van der Waals surface area contributed by atoms with Gasteiger partial charge >= 0.3 is 0 Å². The van der Waals surface area contributed by atoms with Gasteiger partial charge in [-0.25, -0.2) is 13.4 Å². The lowest BCUT2D eigenvalue weighted by Crippen LogP contribution is -2.50. The molecule has 1 amide bonds. The van der Waals surface area contributed by atoms with Gasteiger partial charge in [0.2, 0.25) is 15.9 Å². The molecule has 2 heterocycles. The fourth-order valence-electron chi connectivity index (χ4n) is 3.89. The van der Waals surface area contributed by atoms with E-state index in [0.29, 0.717) is 42.1 Å². The number of anilines is 1. The summed E-state index contributed by atoms with van der Waals surface area (Å²) in [6.07, 6.45) is 0. The first-order chi connectivity index (χ1) is 16.8. The highest BCUT2D eigenvalue weighted by atomic mass is 32.2. The number of carbonyl (C=O) groups excluding carboxylic acids is 1. The zero-order chi connectivity index (χ0) is 25.0. The second kappa shape index (κ2) is 10.9. The monoisotopic (exact) mass is 514 g/mol. The Kier molecular flexibility index (Phi) is 7.85. The molecule has 0 atom stereocenters.